The highest BCUT2D eigenvalue weighted by molar-refractivity contribution is 5.32. The third kappa shape index (κ3) is 2.87. The summed E-state index contributed by atoms with van der Waals surface area (Å²) in [6.45, 7) is 5.41. The smallest absolute Gasteiger partial charge is 0.437 e. The molecule has 0 aliphatic heterocycles. The second kappa shape index (κ2) is 4.72. The fourth-order valence-electron chi connectivity index (χ4n) is 1.26. The second-order valence-electron chi connectivity index (χ2n) is 3.67. The molecule has 1 aromatic heterocycles. The fourth-order valence-corrected chi connectivity index (χ4v) is 1.26. The van der Waals surface area contributed by atoms with Crippen LogP contribution in [0.5, 0.6) is 5.75 Å². The van der Waals surface area contributed by atoms with E-state index in [-0.39, 0.29) is 18.3 Å². The van der Waals surface area contributed by atoms with Gasteiger partial charge in [0.1, 0.15) is 5.75 Å². The standard InChI is InChI=1S/C11H14F3NO/c1-4-16-9-6-5-8(7(2)3)15-10(9)11(12,13)14/h5-7H,4H2,1-3H3. The zero-order valence-corrected chi connectivity index (χ0v) is 9.43. The molecular weight excluding hydrogens is 219 g/mol. The van der Waals surface area contributed by atoms with Crippen LogP contribution in [0.2, 0.25) is 0 Å². The summed E-state index contributed by atoms with van der Waals surface area (Å²) in [4.78, 5) is 3.61. The molecule has 1 heterocycles. The van der Waals surface area contributed by atoms with Crippen molar-refractivity contribution in [1.82, 2.24) is 4.98 Å². The van der Waals surface area contributed by atoms with E-state index in [0.29, 0.717) is 5.69 Å². The van der Waals surface area contributed by atoms with Gasteiger partial charge in [-0.25, -0.2) is 4.98 Å². The van der Waals surface area contributed by atoms with E-state index >= 15 is 0 Å². The highest BCUT2D eigenvalue weighted by atomic mass is 19.4. The molecule has 16 heavy (non-hydrogen) atoms. The van der Waals surface area contributed by atoms with Crippen LogP contribution in [0.4, 0.5) is 13.2 Å². The number of aromatic nitrogens is 1. The number of nitrogens with zero attached hydrogens (tertiary/aromatic N) is 1. The van der Waals surface area contributed by atoms with Gasteiger partial charge in [0.2, 0.25) is 0 Å². The maximum atomic E-state index is 12.7. The molecule has 5 heteroatoms. The number of alkyl halides is 3. The molecule has 0 saturated heterocycles. The number of ether oxygens (including phenoxy) is 1. The molecule has 0 unspecified atom stereocenters. The molecule has 2 nitrogen and oxygen atoms in total. The Morgan fingerprint density at radius 3 is 2.38 bits per heavy atom. The monoisotopic (exact) mass is 233 g/mol. The van der Waals surface area contributed by atoms with Crippen molar-refractivity contribution in [3.05, 3.63) is 23.5 Å². The molecule has 0 spiro atoms. The lowest BCUT2D eigenvalue weighted by Crippen LogP contribution is -2.13. The zero-order valence-electron chi connectivity index (χ0n) is 9.43. The van der Waals surface area contributed by atoms with Gasteiger partial charge in [-0.05, 0) is 25.0 Å². The maximum Gasteiger partial charge on any atom is 0.437 e. The molecule has 0 radical (unpaired) electrons. The summed E-state index contributed by atoms with van der Waals surface area (Å²) in [5.41, 5.74) is -0.531. The minimum absolute atomic E-state index is 0.0447. The molecule has 0 N–H and O–H groups in total. The first-order chi connectivity index (χ1) is 7.36. The topological polar surface area (TPSA) is 22.1 Å². The van der Waals surface area contributed by atoms with Crippen molar-refractivity contribution in [2.75, 3.05) is 6.61 Å². The summed E-state index contributed by atoms with van der Waals surface area (Å²) in [6.07, 6.45) is -4.48. The molecule has 1 aromatic rings. The van der Waals surface area contributed by atoms with Crippen LogP contribution in [0.3, 0.4) is 0 Å². The van der Waals surface area contributed by atoms with E-state index in [1.807, 2.05) is 0 Å². The van der Waals surface area contributed by atoms with E-state index < -0.39 is 11.9 Å². The largest absolute Gasteiger partial charge is 0.492 e. The van der Waals surface area contributed by atoms with Gasteiger partial charge in [0.25, 0.3) is 0 Å². The quantitative estimate of drug-likeness (QED) is 0.795. The zero-order chi connectivity index (χ0) is 12.3. The Morgan fingerprint density at radius 2 is 1.94 bits per heavy atom. The van der Waals surface area contributed by atoms with Crippen molar-refractivity contribution >= 4 is 0 Å². The molecule has 0 bridgehead atoms. The predicted octanol–water partition coefficient (Wildman–Crippen LogP) is 3.62. The Labute approximate surface area is 92.5 Å². The predicted molar refractivity (Wildman–Crippen MR) is 54.5 cm³/mol. The third-order valence-electron chi connectivity index (χ3n) is 2.04. The van der Waals surface area contributed by atoms with Crippen LogP contribution < -0.4 is 4.74 Å². The molecule has 1 rings (SSSR count). The van der Waals surface area contributed by atoms with Gasteiger partial charge in [0.15, 0.2) is 5.69 Å². The van der Waals surface area contributed by atoms with Gasteiger partial charge in [-0.15, -0.1) is 0 Å². The Kier molecular flexibility index (Phi) is 3.78. The molecule has 0 aromatic carbocycles. The summed E-state index contributed by atoms with van der Waals surface area (Å²) >= 11 is 0. The van der Waals surface area contributed by atoms with Crippen molar-refractivity contribution < 1.29 is 17.9 Å². The summed E-state index contributed by atoms with van der Waals surface area (Å²) < 4.78 is 42.9. The molecule has 90 valence electrons. The molecule has 0 aliphatic rings. The lowest BCUT2D eigenvalue weighted by atomic mass is 10.1. The average molecular weight is 233 g/mol. The molecule has 0 amide bonds. The highest BCUT2D eigenvalue weighted by Gasteiger charge is 2.36. The lowest BCUT2D eigenvalue weighted by molar-refractivity contribution is -0.142. The summed E-state index contributed by atoms with van der Waals surface area (Å²) in [6, 6.07) is 2.89. The van der Waals surface area contributed by atoms with E-state index in [1.165, 1.54) is 6.07 Å². The van der Waals surface area contributed by atoms with Gasteiger partial charge in [-0.2, -0.15) is 13.2 Å². The Hall–Kier alpha value is -1.26. The van der Waals surface area contributed by atoms with Crippen LogP contribution in [0, 0.1) is 0 Å². The van der Waals surface area contributed by atoms with Gasteiger partial charge in [-0.3, -0.25) is 0 Å². The van der Waals surface area contributed by atoms with Crippen LogP contribution in [-0.4, -0.2) is 11.6 Å². The van der Waals surface area contributed by atoms with Crippen molar-refractivity contribution in [1.29, 1.82) is 0 Å². The number of hydrogen-bond donors (Lipinski definition) is 0. The van der Waals surface area contributed by atoms with E-state index in [2.05, 4.69) is 4.98 Å². The number of rotatable bonds is 3. The molecule has 0 atom stereocenters. The SMILES string of the molecule is CCOc1ccc(C(C)C)nc1C(F)(F)F. The van der Waals surface area contributed by atoms with Crippen LogP contribution in [0.15, 0.2) is 12.1 Å². The molecular formula is C11H14F3NO. The van der Waals surface area contributed by atoms with E-state index in [4.69, 9.17) is 4.74 Å². The van der Waals surface area contributed by atoms with E-state index in [9.17, 15) is 13.2 Å². The van der Waals surface area contributed by atoms with Gasteiger partial charge >= 0.3 is 6.18 Å². The summed E-state index contributed by atoms with van der Waals surface area (Å²) in [5.74, 6) is -0.254. The molecule has 0 aliphatic carbocycles. The van der Waals surface area contributed by atoms with Crippen molar-refractivity contribution in [2.45, 2.75) is 32.9 Å². The van der Waals surface area contributed by atoms with Crippen LogP contribution in [-0.2, 0) is 6.18 Å². The Balaban J connectivity index is 3.21. The van der Waals surface area contributed by atoms with Crippen molar-refractivity contribution in [3.8, 4) is 5.75 Å². The minimum atomic E-state index is -4.48. The first-order valence-corrected chi connectivity index (χ1v) is 5.07. The van der Waals surface area contributed by atoms with Crippen LogP contribution in [0.25, 0.3) is 0 Å². The van der Waals surface area contributed by atoms with E-state index in [1.54, 1.807) is 26.8 Å². The molecule has 0 saturated carbocycles. The minimum Gasteiger partial charge on any atom is -0.492 e. The first-order valence-electron chi connectivity index (χ1n) is 5.07. The number of halogens is 3. The fraction of sp³-hybridized carbons (Fsp3) is 0.545. The van der Waals surface area contributed by atoms with Gasteiger partial charge in [0, 0.05) is 5.69 Å². The van der Waals surface area contributed by atoms with Crippen LogP contribution in [0.1, 0.15) is 38.1 Å². The first kappa shape index (κ1) is 12.8. The van der Waals surface area contributed by atoms with Crippen molar-refractivity contribution in [2.24, 2.45) is 0 Å². The summed E-state index contributed by atoms with van der Waals surface area (Å²) in [7, 11) is 0. The van der Waals surface area contributed by atoms with E-state index in [0.717, 1.165) is 0 Å². The van der Waals surface area contributed by atoms with Gasteiger partial charge in [-0.1, -0.05) is 13.8 Å². The highest BCUT2D eigenvalue weighted by Crippen LogP contribution is 2.35. The Bertz CT molecular complexity index is 361. The van der Waals surface area contributed by atoms with Gasteiger partial charge in [0.05, 0.1) is 6.61 Å². The number of pyridine rings is 1. The van der Waals surface area contributed by atoms with Gasteiger partial charge < -0.3 is 4.74 Å². The maximum absolute atomic E-state index is 12.7. The third-order valence-corrected chi connectivity index (χ3v) is 2.04. The normalized spacial score (nSPS) is 11.9. The Morgan fingerprint density at radius 1 is 1.31 bits per heavy atom. The molecule has 0 fully saturated rings. The van der Waals surface area contributed by atoms with Crippen molar-refractivity contribution in [3.63, 3.8) is 0 Å². The number of hydrogen-bond acceptors (Lipinski definition) is 2. The lowest BCUT2D eigenvalue weighted by Gasteiger charge is -2.14. The second-order valence-corrected chi connectivity index (χ2v) is 3.67. The van der Waals surface area contributed by atoms with Crippen LogP contribution >= 0.6 is 0 Å². The summed E-state index contributed by atoms with van der Waals surface area (Å²) in [5, 5.41) is 0. The average Bonchev–Trinajstić information content (AvgIpc) is 2.16.